The van der Waals surface area contributed by atoms with Gasteiger partial charge in [0.05, 0.1) is 0 Å². The zero-order chi connectivity index (χ0) is 19.9. The second-order valence-electron chi connectivity index (χ2n) is 7.57. The van der Waals surface area contributed by atoms with Gasteiger partial charge in [0.1, 0.15) is 11.2 Å². The third-order valence-corrected chi connectivity index (χ3v) is 5.63. The Bertz CT molecular complexity index is 1510. The molecule has 142 valence electrons. The molecule has 0 fully saturated rings. The molecule has 0 radical (unpaired) electrons. The number of furan rings is 1. The molecule has 6 aromatic rings. The van der Waals surface area contributed by atoms with Crippen LogP contribution in [0.5, 0.6) is 0 Å². The van der Waals surface area contributed by atoms with Crippen molar-refractivity contribution in [2.75, 3.05) is 5.32 Å². The second kappa shape index (κ2) is 6.78. The van der Waals surface area contributed by atoms with Crippen LogP contribution in [0.4, 0.5) is 11.4 Å². The molecule has 1 heterocycles. The van der Waals surface area contributed by atoms with Crippen LogP contribution in [0.15, 0.2) is 114 Å². The number of hydrogen-bond donors (Lipinski definition) is 1. The van der Waals surface area contributed by atoms with Crippen LogP contribution < -0.4 is 5.32 Å². The summed E-state index contributed by atoms with van der Waals surface area (Å²) in [6.07, 6.45) is 0. The van der Waals surface area contributed by atoms with Gasteiger partial charge in [-0.2, -0.15) is 0 Å². The van der Waals surface area contributed by atoms with E-state index in [1.54, 1.807) is 0 Å². The van der Waals surface area contributed by atoms with Crippen molar-refractivity contribution in [2.45, 2.75) is 0 Å². The highest BCUT2D eigenvalue weighted by molar-refractivity contribution is 6.06. The number of nitrogens with one attached hydrogen (secondary N) is 1. The van der Waals surface area contributed by atoms with Crippen molar-refractivity contribution in [3.05, 3.63) is 109 Å². The molecule has 1 aromatic heterocycles. The largest absolute Gasteiger partial charge is 0.456 e. The van der Waals surface area contributed by atoms with Gasteiger partial charge in [-0.15, -0.1) is 0 Å². The van der Waals surface area contributed by atoms with Crippen molar-refractivity contribution >= 4 is 44.1 Å². The van der Waals surface area contributed by atoms with Gasteiger partial charge < -0.3 is 9.73 Å². The summed E-state index contributed by atoms with van der Waals surface area (Å²) < 4.78 is 5.93. The fourth-order valence-corrected chi connectivity index (χ4v) is 4.09. The highest BCUT2D eigenvalue weighted by Gasteiger charge is 2.07. The van der Waals surface area contributed by atoms with Crippen LogP contribution in [0.2, 0.25) is 0 Å². The van der Waals surface area contributed by atoms with E-state index in [4.69, 9.17) is 4.42 Å². The Hall–Kier alpha value is -4.04. The van der Waals surface area contributed by atoms with Crippen LogP contribution in [-0.2, 0) is 0 Å². The Labute approximate surface area is 174 Å². The maximum atomic E-state index is 5.93. The zero-order valence-corrected chi connectivity index (χ0v) is 16.3. The van der Waals surface area contributed by atoms with Crippen molar-refractivity contribution in [1.29, 1.82) is 0 Å². The predicted molar refractivity (Wildman–Crippen MR) is 126 cm³/mol. The van der Waals surface area contributed by atoms with Gasteiger partial charge in [-0.1, -0.05) is 66.7 Å². The lowest BCUT2D eigenvalue weighted by atomic mass is 10.0. The molecule has 1 N–H and O–H groups in total. The van der Waals surface area contributed by atoms with E-state index in [1.807, 2.05) is 24.3 Å². The summed E-state index contributed by atoms with van der Waals surface area (Å²) in [6.45, 7) is 0. The number of benzene rings is 5. The van der Waals surface area contributed by atoms with Crippen LogP contribution in [-0.4, -0.2) is 0 Å². The third-order valence-electron chi connectivity index (χ3n) is 5.63. The molecule has 2 nitrogen and oxygen atoms in total. The summed E-state index contributed by atoms with van der Waals surface area (Å²) in [7, 11) is 0. The second-order valence-corrected chi connectivity index (χ2v) is 7.57. The summed E-state index contributed by atoms with van der Waals surface area (Å²) in [5, 5.41) is 8.31. The van der Waals surface area contributed by atoms with Crippen molar-refractivity contribution in [2.24, 2.45) is 0 Å². The molecule has 2 heteroatoms. The van der Waals surface area contributed by atoms with Crippen LogP contribution in [0.3, 0.4) is 0 Å². The van der Waals surface area contributed by atoms with E-state index >= 15 is 0 Å². The van der Waals surface area contributed by atoms with E-state index in [0.717, 1.165) is 33.3 Å². The number of para-hydroxylation sites is 1. The van der Waals surface area contributed by atoms with Crippen molar-refractivity contribution in [3.8, 4) is 11.1 Å². The molecule has 30 heavy (non-hydrogen) atoms. The minimum atomic E-state index is 0.911. The molecule has 5 aromatic carbocycles. The number of rotatable bonds is 3. The van der Waals surface area contributed by atoms with Crippen molar-refractivity contribution in [1.82, 2.24) is 0 Å². The summed E-state index contributed by atoms with van der Waals surface area (Å²) in [6, 6.07) is 38.0. The fraction of sp³-hybridized carbons (Fsp3) is 0. The first-order valence-electron chi connectivity index (χ1n) is 10.1. The highest BCUT2D eigenvalue weighted by atomic mass is 16.3. The van der Waals surface area contributed by atoms with Crippen LogP contribution in [0.25, 0.3) is 43.8 Å². The van der Waals surface area contributed by atoms with Gasteiger partial charge in [0, 0.05) is 22.1 Å². The molecule has 0 aliphatic heterocycles. The Morgan fingerprint density at radius 1 is 0.467 bits per heavy atom. The zero-order valence-electron chi connectivity index (χ0n) is 16.3. The monoisotopic (exact) mass is 385 g/mol. The van der Waals surface area contributed by atoms with E-state index in [9.17, 15) is 0 Å². The molecule has 0 bridgehead atoms. The van der Waals surface area contributed by atoms with Gasteiger partial charge in [-0.05, 0) is 64.4 Å². The van der Waals surface area contributed by atoms with Gasteiger partial charge in [0.25, 0.3) is 0 Å². The van der Waals surface area contributed by atoms with Crippen molar-refractivity contribution < 1.29 is 4.42 Å². The summed E-state index contributed by atoms with van der Waals surface area (Å²) in [5.41, 5.74) is 6.38. The molecule has 0 saturated carbocycles. The Balaban J connectivity index is 1.30. The minimum Gasteiger partial charge on any atom is -0.456 e. The molecule has 0 atom stereocenters. The predicted octanol–water partition coefficient (Wildman–Crippen LogP) is 8.15. The number of hydrogen-bond acceptors (Lipinski definition) is 2. The SMILES string of the molecule is c1ccc2cc(-c3ccc(Nc4ccc5oc6ccccc6c5c4)cc3)ccc2c1. The van der Waals surface area contributed by atoms with Crippen molar-refractivity contribution in [3.63, 3.8) is 0 Å². The molecular formula is C28H19NO. The maximum absolute atomic E-state index is 5.93. The molecule has 6 rings (SSSR count). The van der Waals surface area contributed by atoms with Gasteiger partial charge >= 0.3 is 0 Å². The smallest absolute Gasteiger partial charge is 0.135 e. The number of fused-ring (bicyclic) bond motifs is 4. The number of anilines is 2. The first-order valence-corrected chi connectivity index (χ1v) is 10.1. The standard InChI is InChI=1S/C28H19NO/c1-2-6-21-17-22(10-9-19(21)5-1)20-11-13-23(14-12-20)29-24-15-16-28-26(18-24)25-7-3-4-8-27(25)30-28/h1-18,29H. The summed E-state index contributed by atoms with van der Waals surface area (Å²) >= 11 is 0. The van der Waals surface area contributed by atoms with E-state index in [1.165, 1.54) is 21.9 Å². The molecule has 0 amide bonds. The quantitative estimate of drug-likeness (QED) is 0.332. The van der Waals surface area contributed by atoms with Crippen LogP contribution >= 0.6 is 0 Å². The molecule has 0 unspecified atom stereocenters. The molecule has 0 saturated heterocycles. The lowest BCUT2D eigenvalue weighted by molar-refractivity contribution is 0.669. The topological polar surface area (TPSA) is 25.2 Å². The normalized spacial score (nSPS) is 11.3. The molecule has 0 spiro atoms. The Morgan fingerprint density at radius 2 is 1.17 bits per heavy atom. The lowest BCUT2D eigenvalue weighted by Gasteiger charge is -2.09. The lowest BCUT2D eigenvalue weighted by Crippen LogP contribution is -1.90. The summed E-state index contributed by atoms with van der Waals surface area (Å²) in [5.74, 6) is 0. The van der Waals surface area contributed by atoms with Gasteiger partial charge in [0.2, 0.25) is 0 Å². The fourth-order valence-electron chi connectivity index (χ4n) is 4.09. The Morgan fingerprint density at radius 3 is 2.07 bits per heavy atom. The van der Waals surface area contributed by atoms with Gasteiger partial charge in [-0.25, -0.2) is 0 Å². The first kappa shape index (κ1) is 16.9. The average molecular weight is 385 g/mol. The van der Waals surface area contributed by atoms with E-state index in [0.29, 0.717) is 0 Å². The highest BCUT2D eigenvalue weighted by Crippen LogP contribution is 2.32. The van der Waals surface area contributed by atoms with Crippen LogP contribution in [0, 0.1) is 0 Å². The molecule has 0 aliphatic carbocycles. The molecule has 0 aliphatic rings. The first-order chi connectivity index (χ1) is 14.8. The summed E-state index contributed by atoms with van der Waals surface area (Å²) in [4.78, 5) is 0. The van der Waals surface area contributed by atoms with Crippen LogP contribution in [0.1, 0.15) is 0 Å². The molecular weight excluding hydrogens is 366 g/mol. The van der Waals surface area contributed by atoms with Gasteiger partial charge in [0.15, 0.2) is 0 Å². The average Bonchev–Trinajstić information content (AvgIpc) is 3.17. The Kier molecular flexibility index (Phi) is 3.82. The van der Waals surface area contributed by atoms with E-state index < -0.39 is 0 Å². The van der Waals surface area contributed by atoms with Gasteiger partial charge in [-0.3, -0.25) is 0 Å². The third kappa shape index (κ3) is 2.90. The maximum Gasteiger partial charge on any atom is 0.135 e. The van der Waals surface area contributed by atoms with E-state index in [-0.39, 0.29) is 0 Å². The minimum absolute atomic E-state index is 0.911. The van der Waals surface area contributed by atoms with E-state index in [2.05, 4.69) is 90.2 Å².